The zero-order chi connectivity index (χ0) is 20.1. The zero-order valence-corrected chi connectivity index (χ0v) is 15.5. The molecule has 1 amide bonds. The monoisotopic (exact) mass is 384 g/mol. The van der Waals surface area contributed by atoms with Gasteiger partial charge in [-0.05, 0) is 44.2 Å². The van der Waals surface area contributed by atoms with Gasteiger partial charge >= 0.3 is 5.97 Å². The molecule has 2 aromatic heterocycles. The molecule has 1 aromatic carbocycles. The van der Waals surface area contributed by atoms with Crippen LogP contribution in [0.5, 0.6) is 11.5 Å². The molecule has 1 atom stereocenters. The van der Waals surface area contributed by atoms with Crippen LogP contribution >= 0.6 is 0 Å². The number of ether oxygens (including phenoxy) is 2. The molecule has 0 spiro atoms. The fourth-order valence-corrected chi connectivity index (χ4v) is 2.68. The van der Waals surface area contributed by atoms with Crippen molar-refractivity contribution in [2.45, 2.75) is 19.9 Å². The van der Waals surface area contributed by atoms with E-state index in [0.29, 0.717) is 29.4 Å². The van der Waals surface area contributed by atoms with Gasteiger partial charge in [0.25, 0.3) is 5.91 Å². The summed E-state index contributed by atoms with van der Waals surface area (Å²) in [5, 5.41) is 19.9. The second kappa shape index (κ2) is 8.38. The van der Waals surface area contributed by atoms with Gasteiger partial charge in [0.2, 0.25) is 0 Å². The Bertz CT molecular complexity index is 1000. The normalized spacial score (nSPS) is 11.8. The van der Waals surface area contributed by atoms with Gasteiger partial charge in [-0.15, -0.1) is 10.2 Å². The summed E-state index contributed by atoms with van der Waals surface area (Å²) < 4.78 is 12.5. The molecule has 0 saturated heterocycles. The van der Waals surface area contributed by atoms with Crippen LogP contribution in [0.1, 0.15) is 36.1 Å². The van der Waals surface area contributed by atoms with E-state index in [9.17, 15) is 9.59 Å². The number of carboxylic acid groups (broad SMARTS) is 1. The van der Waals surface area contributed by atoms with Crippen LogP contribution in [0.3, 0.4) is 0 Å². The van der Waals surface area contributed by atoms with E-state index in [-0.39, 0.29) is 17.7 Å². The summed E-state index contributed by atoms with van der Waals surface area (Å²) in [6.45, 7) is 3.45. The number of nitrogens with zero attached hydrogens (tertiary/aromatic N) is 3. The summed E-state index contributed by atoms with van der Waals surface area (Å²) in [4.78, 5) is 23.4. The number of aromatic nitrogens is 3. The van der Waals surface area contributed by atoms with E-state index in [1.807, 2.05) is 31.3 Å². The highest BCUT2D eigenvalue weighted by Gasteiger charge is 2.18. The average molecular weight is 384 g/mol. The summed E-state index contributed by atoms with van der Waals surface area (Å²) in [5.74, 6) is -0.255. The van der Waals surface area contributed by atoms with Crippen LogP contribution < -0.4 is 14.8 Å². The van der Waals surface area contributed by atoms with Crippen LogP contribution in [-0.4, -0.2) is 44.8 Å². The van der Waals surface area contributed by atoms with Crippen LogP contribution in [0, 0.1) is 0 Å². The molecular formula is C19H20N4O5. The lowest BCUT2D eigenvalue weighted by atomic mass is 10.1. The number of rotatable bonds is 8. The van der Waals surface area contributed by atoms with Crippen molar-refractivity contribution >= 4 is 17.5 Å². The number of nitrogens with one attached hydrogen (secondary N) is 1. The average Bonchev–Trinajstić information content (AvgIpc) is 3.11. The fourth-order valence-electron chi connectivity index (χ4n) is 2.68. The Kier molecular flexibility index (Phi) is 5.73. The molecule has 9 heteroatoms. The summed E-state index contributed by atoms with van der Waals surface area (Å²) >= 11 is 0. The van der Waals surface area contributed by atoms with Crippen molar-refractivity contribution in [1.82, 2.24) is 19.9 Å². The van der Waals surface area contributed by atoms with E-state index in [4.69, 9.17) is 14.6 Å². The second-order valence-corrected chi connectivity index (χ2v) is 5.96. The molecule has 0 bridgehead atoms. The quantitative estimate of drug-likeness (QED) is 0.611. The van der Waals surface area contributed by atoms with E-state index >= 15 is 0 Å². The minimum Gasteiger partial charge on any atom is -0.490 e. The number of amides is 1. The number of aliphatic carboxylic acids is 1. The van der Waals surface area contributed by atoms with Gasteiger partial charge in [0, 0.05) is 11.8 Å². The van der Waals surface area contributed by atoms with E-state index in [1.165, 1.54) is 12.1 Å². The SMILES string of the molecule is CCOc1cc(C(=O)NC(C)c2nnc3ccccn23)ccc1OCC(=O)O. The van der Waals surface area contributed by atoms with Gasteiger partial charge in [-0.25, -0.2) is 4.79 Å². The standard InChI is InChI=1S/C19H20N4O5/c1-3-27-15-10-13(7-8-14(15)28-11-17(24)25)19(26)20-12(2)18-22-21-16-6-4-5-9-23(16)18/h4-10,12H,3,11H2,1-2H3,(H,20,26)(H,24,25). The topological polar surface area (TPSA) is 115 Å². The van der Waals surface area contributed by atoms with E-state index in [0.717, 1.165) is 0 Å². The lowest BCUT2D eigenvalue weighted by Gasteiger charge is -2.15. The third-order valence-electron chi connectivity index (χ3n) is 3.93. The van der Waals surface area contributed by atoms with Crippen LogP contribution in [0.2, 0.25) is 0 Å². The Labute approximate surface area is 160 Å². The van der Waals surface area contributed by atoms with Crippen LogP contribution in [0.15, 0.2) is 42.6 Å². The van der Waals surface area contributed by atoms with Crippen molar-refractivity contribution in [1.29, 1.82) is 0 Å². The first-order chi connectivity index (χ1) is 13.5. The summed E-state index contributed by atoms with van der Waals surface area (Å²) in [7, 11) is 0. The first-order valence-electron chi connectivity index (χ1n) is 8.71. The number of pyridine rings is 1. The van der Waals surface area contributed by atoms with Crippen LogP contribution in [0.4, 0.5) is 0 Å². The molecule has 3 rings (SSSR count). The highest BCUT2D eigenvalue weighted by atomic mass is 16.5. The van der Waals surface area contributed by atoms with Crippen molar-refractivity contribution in [3.05, 3.63) is 54.0 Å². The van der Waals surface area contributed by atoms with E-state index in [2.05, 4.69) is 15.5 Å². The molecule has 2 heterocycles. The van der Waals surface area contributed by atoms with Crippen LogP contribution in [0.25, 0.3) is 5.65 Å². The van der Waals surface area contributed by atoms with Crippen molar-refractivity contribution in [3.63, 3.8) is 0 Å². The van der Waals surface area contributed by atoms with Gasteiger partial charge in [0.05, 0.1) is 12.6 Å². The number of hydrogen-bond acceptors (Lipinski definition) is 6. The number of carbonyl (C=O) groups is 2. The molecule has 3 aromatic rings. The first-order valence-corrected chi connectivity index (χ1v) is 8.71. The maximum atomic E-state index is 12.7. The molecule has 2 N–H and O–H groups in total. The predicted octanol–water partition coefficient (Wildman–Crippen LogP) is 2.08. The number of hydrogen-bond donors (Lipinski definition) is 2. The number of benzene rings is 1. The van der Waals surface area contributed by atoms with Gasteiger partial charge < -0.3 is 19.9 Å². The summed E-state index contributed by atoms with van der Waals surface area (Å²) in [5.41, 5.74) is 1.05. The first kappa shape index (κ1) is 19.2. The van der Waals surface area contributed by atoms with Crippen LogP contribution in [-0.2, 0) is 4.79 Å². The van der Waals surface area contributed by atoms with Gasteiger partial charge in [-0.1, -0.05) is 6.07 Å². The Morgan fingerprint density at radius 1 is 1.18 bits per heavy atom. The highest BCUT2D eigenvalue weighted by molar-refractivity contribution is 5.95. The lowest BCUT2D eigenvalue weighted by Crippen LogP contribution is -2.28. The number of carboxylic acids is 1. The molecule has 0 aliphatic heterocycles. The van der Waals surface area contributed by atoms with Gasteiger partial charge in [-0.2, -0.15) is 0 Å². The van der Waals surface area contributed by atoms with Gasteiger partial charge in [0.1, 0.15) is 0 Å². The molecule has 1 unspecified atom stereocenters. The molecule has 146 valence electrons. The minimum atomic E-state index is -1.10. The molecule has 0 saturated carbocycles. The molecule has 0 radical (unpaired) electrons. The fraction of sp³-hybridized carbons (Fsp3) is 0.263. The van der Waals surface area contributed by atoms with E-state index in [1.54, 1.807) is 17.4 Å². The number of fused-ring (bicyclic) bond motifs is 1. The number of carbonyl (C=O) groups excluding carboxylic acids is 1. The second-order valence-electron chi connectivity index (χ2n) is 5.96. The van der Waals surface area contributed by atoms with E-state index < -0.39 is 12.6 Å². The molecule has 9 nitrogen and oxygen atoms in total. The van der Waals surface area contributed by atoms with Crippen molar-refractivity contribution in [3.8, 4) is 11.5 Å². The Morgan fingerprint density at radius 2 is 2.00 bits per heavy atom. The molecule has 28 heavy (non-hydrogen) atoms. The molecule has 0 aliphatic carbocycles. The summed E-state index contributed by atoms with van der Waals surface area (Å²) in [6, 6.07) is 9.74. The van der Waals surface area contributed by atoms with Crippen molar-refractivity contribution in [2.75, 3.05) is 13.2 Å². The van der Waals surface area contributed by atoms with Crippen molar-refractivity contribution < 1.29 is 24.2 Å². The third-order valence-corrected chi connectivity index (χ3v) is 3.93. The largest absolute Gasteiger partial charge is 0.490 e. The van der Waals surface area contributed by atoms with Gasteiger partial charge in [0.15, 0.2) is 29.6 Å². The lowest BCUT2D eigenvalue weighted by molar-refractivity contribution is -0.139. The third kappa shape index (κ3) is 4.20. The molecular weight excluding hydrogens is 364 g/mol. The van der Waals surface area contributed by atoms with Gasteiger partial charge in [-0.3, -0.25) is 9.20 Å². The smallest absolute Gasteiger partial charge is 0.341 e. The Hall–Kier alpha value is -3.62. The minimum absolute atomic E-state index is 0.261. The summed E-state index contributed by atoms with van der Waals surface area (Å²) in [6.07, 6.45) is 1.83. The maximum Gasteiger partial charge on any atom is 0.341 e. The molecule has 0 fully saturated rings. The Morgan fingerprint density at radius 3 is 2.75 bits per heavy atom. The maximum absolute atomic E-state index is 12.7. The predicted molar refractivity (Wildman–Crippen MR) is 99.6 cm³/mol. The van der Waals surface area contributed by atoms with Crippen molar-refractivity contribution in [2.24, 2.45) is 0 Å². The zero-order valence-electron chi connectivity index (χ0n) is 15.5. The Balaban J connectivity index is 1.77. The highest BCUT2D eigenvalue weighted by Crippen LogP contribution is 2.28. The molecule has 0 aliphatic rings.